The highest BCUT2D eigenvalue weighted by atomic mass is 35.5. The molecule has 5 nitrogen and oxygen atoms in total. The van der Waals surface area contributed by atoms with Gasteiger partial charge in [0.15, 0.2) is 6.10 Å². The summed E-state index contributed by atoms with van der Waals surface area (Å²) in [7, 11) is 0. The first-order valence-electron chi connectivity index (χ1n) is 8.55. The van der Waals surface area contributed by atoms with Gasteiger partial charge in [-0.2, -0.15) is 0 Å². The monoisotopic (exact) mass is 385 g/mol. The highest BCUT2D eigenvalue weighted by Crippen LogP contribution is 2.29. The number of nitrogens with one attached hydrogen (secondary N) is 1. The van der Waals surface area contributed by atoms with Gasteiger partial charge in [-0.05, 0) is 56.7 Å². The largest absolute Gasteiger partial charge is 0.488 e. The number of rotatable bonds is 4. The lowest BCUT2D eigenvalue weighted by Gasteiger charge is -2.19. The number of ether oxygens (including phenoxy) is 2. The Hall–Kier alpha value is -2.79. The number of fused-ring (bicyclic) bond motifs is 1. The molecule has 1 aliphatic rings. The Morgan fingerprint density at radius 3 is 2.70 bits per heavy atom. The van der Waals surface area contributed by atoms with Crippen molar-refractivity contribution in [2.75, 3.05) is 11.9 Å². The van der Waals surface area contributed by atoms with Gasteiger partial charge >= 0.3 is 5.97 Å². The molecule has 0 radical (unpaired) electrons. The van der Waals surface area contributed by atoms with Crippen LogP contribution < -0.4 is 10.1 Å². The molecule has 27 heavy (non-hydrogen) atoms. The van der Waals surface area contributed by atoms with E-state index in [9.17, 15) is 9.59 Å². The molecule has 1 amide bonds. The minimum absolute atomic E-state index is 0.0822. The molecule has 1 unspecified atom stereocenters. The van der Waals surface area contributed by atoms with Crippen LogP contribution in [0.25, 0.3) is 6.08 Å². The molecule has 0 saturated carbocycles. The second kappa shape index (κ2) is 7.84. The number of benzene rings is 2. The van der Waals surface area contributed by atoms with E-state index in [0.717, 1.165) is 11.1 Å². The maximum atomic E-state index is 12.4. The summed E-state index contributed by atoms with van der Waals surface area (Å²) in [6, 6.07) is 10.9. The number of anilines is 1. The lowest BCUT2D eigenvalue weighted by molar-refractivity contribution is -0.149. The molecule has 0 saturated heterocycles. The number of hydrogen-bond donors (Lipinski definition) is 1. The third-order valence-electron chi connectivity index (χ3n) is 4.24. The first kappa shape index (κ1) is 19.0. The van der Waals surface area contributed by atoms with Crippen molar-refractivity contribution in [3.05, 3.63) is 63.7 Å². The van der Waals surface area contributed by atoms with Crippen LogP contribution in [0.1, 0.15) is 23.6 Å². The predicted octanol–water partition coefficient (Wildman–Crippen LogP) is 4.30. The molecular formula is C21H20ClNO4. The number of carbonyl (C=O) groups excluding carboxylic acids is 2. The van der Waals surface area contributed by atoms with Crippen molar-refractivity contribution in [1.82, 2.24) is 0 Å². The van der Waals surface area contributed by atoms with Crippen LogP contribution in [0.2, 0.25) is 5.02 Å². The van der Waals surface area contributed by atoms with Crippen molar-refractivity contribution >= 4 is 35.2 Å². The van der Waals surface area contributed by atoms with E-state index < -0.39 is 18.0 Å². The number of halogens is 1. The summed E-state index contributed by atoms with van der Waals surface area (Å²) in [4.78, 5) is 24.7. The summed E-state index contributed by atoms with van der Waals surface area (Å²) < 4.78 is 10.8. The molecule has 0 aliphatic carbocycles. The van der Waals surface area contributed by atoms with Crippen molar-refractivity contribution in [1.29, 1.82) is 0 Å². The van der Waals surface area contributed by atoms with Crippen molar-refractivity contribution in [3.8, 4) is 5.75 Å². The van der Waals surface area contributed by atoms with E-state index >= 15 is 0 Å². The van der Waals surface area contributed by atoms with Crippen molar-refractivity contribution in [2.24, 2.45) is 0 Å². The molecule has 6 heteroatoms. The number of hydrogen-bond acceptors (Lipinski definition) is 4. The zero-order valence-electron chi connectivity index (χ0n) is 15.3. The molecule has 140 valence electrons. The molecule has 3 rings (SSSR count). The highest BCUT2D eigenvalue weighted by molar-refractivity contribution is 6.30. The fraction of sp³-hybridized carbons (Fsp3) is 0.238. The number of amides is 1. The van der Waals surface area contributed by atoms with Gasteiger partial charge in [0.25, 0.3) is 5.91 Å². The van der Waals surface area contributed by atoms with Gasteiger partial charge in [-0.15, -0.1) is 0 Å². The molecule has 1 atom stereocenters. The summed E-state index contributed by atoms with van der Waals surface area (Å²) in [5, 5.41) is 3.33. The first-order valence-corrected chi connectivity index (χ1v) is 8.93. The molecule has 0 spiro atoms. The molecule has 2 aromatic carbocycles. The molecular weight excluding hydrogens is 366 g/mol. The maximum Gasteiger partial charge on any atom is 0.338 e. The third-order valence-corrected chi connectivity index (χ3v) is 4.47. The SMILES string of the molecule is Cc1ccc(NC(=O)C(C)OC(=O)C2=Cc3cc(Cl)ccc3OC2)c(C)c1. The summed E-state index contributed by atoms with van der Waals surface area (Å²) in [5.74, 6) is -0.337. The molecule has 1 heterocycles. The van der Waals surface area contributed by atoms with E-state index in [-0.39, 0.29) is 6.61 Å². The molecule has 0 aromatic heterocycles. The van der Waals surface area contributed by atoms with Gasteiger partial charge in [-0.25, -0.2) is 4.79 Å². The Labute approximate surface area is 162 Å². The lowest BCUT2D eigenvalue weighted by Crippen LogP contribution is -2.31. The van der Waals surface area contributed by atoms with Gasteiger partial charge in [-0.3, -0.25) is 4.79 Å². The van der Waals surface area contributed by atoms with Crippen molar-refractivity contribution in [2.45, 2.75) is 26.9 Å². The van der Waals surface area contributed by atoms with Crippen LogP contribution in [0.15, 0.2) is 42.0 Å². The Morgan fingerprint density at radius 2 is 1.96 bits per heavy atom. The van der Waals surface area contributed by atoms with E-state index in [1.54, 1.807) is 24.3 Å². The topological polar surface area (TPSA) is 64.6 Å². The molecule has 1 aliphatic heterocycles. The van der Waals surface area contributed by atoms with E-state index in [4.69, 9.17) is 21.1 Å². The van der Waals surface area contributed by atoms with Gasteiger partial charge in [0.2, 0.25) is 0 Å². The van der Waals surface area contributed by atoms with Crippen LogP contribution in [0, 0.1) is 13.8 Å². The molecule has 1 N–H and O–H groups in total. The maximum absolute atomic E-state index is 12.4. The average molecular weight is 386 g/mol. The third kappa shape index (κ3) is 4.49. The summed E-state index contributed by atoms with van der Waals surface area (Å²) in [6.45, 7) is 5.50. The first-order chi connectivity index (χ1) is 12.8. The highest BCUT2D eigenvalue weighted by Gasteiger charge is 2.24. The second-order valence-corrected chi connectivity index (χ2v) is 6.93. The normalized spacial score (nSPS) is 13.7. The fourth-order valence-electron chi connectivity index (χ4n) is 2.74. The fourth-order valence-corrected chi connectivity index (χ4v) is 2.92. The Bertz CT molecular complexity index is 936. The average Bonchev–Trinajstić information content (AvgIpc) is 2.63. The van der Waals surface area contributed by atoms with Gasteiger partial charge in [0, 0.05) is 16.3 Å². The van der Waals surface area contributed by atoms with E-state index in [0.29, 0.717) is 27.6 Å². The quantitative estimate of drug-likeness (QED) is 0.797. The summed E-state index contributed by atoms with van der Waals surface area (Å²) >= 11 is 5.98. The Balaban J connectivity index is 1.66. The van der Waals surface area contributed by atoms with Crippen molar-refractivity contribution < 1.29 is 19.1 Å². The van der Waals surface area contributed by atoms with E-state index in [1.165, 1.54) is 6.92 Å². The van der Waals surface area contributed by atoms with Gasteiger partial charge in [-0.1, -0.05) is 29.3 Å². The minimum atomic E-state index is -0.945. The van der Waals surface area contributed by atoms with Crippen LogP contribution in [0.5, 0.6) is 5.75 Å². The minimum Gasteiger partial charge on any atom is -0.488 e. The van der Waals surface area contributed by atoms with E-state index in [1.807, 2.05) is 32.0 Å². The molecule has 2 aromatic rings. The number of esters is 1. The van der Waals surface area contributed by atoms with Crippen LogP contribution >= 0.6 is 11.6 Å². The predicted molar refractivity (Wildman–Crippen MR) is 105 cm³/mol. The Morgan fingerprint density at radius 1 is 1.19 bits per heavy atom. The van der Waals surface area contributed by atoms with Gasteiger partial charge in [0.1, 0.15) is 12.4 Å². The second-order valence-electron chi connectivity index (χ2n) is 6.50. The summed E-state index contributed by atoms with van der Waals surface area (Å²) in [6.07, 6.45) is 0.724. The standard InChI is InChI=1S/C21H20ClNO4/c1-12-4-6-18(13(2)8-12)23-20(24)14(3)27-21(25)16-9-15-10-17(22)5-7-19(15)26-11-16/h4-10,14H,11H2,1-3H3,(H,23,24). The van der Waals surface area contributed by atoms with Gasteiger partial charge < -0.3 is 14.8 Å². The number of carbonyl (C=O) groups is 2. The molecule has 0 fully saturated rings. The zero-order chi connectivity index (χ0) is 19.6. The Kier molecular flexibility index (Phi) is 5.51. The van der Waals surface area contributed by atoms with Crippen LogP contribution in [-0.4, -0.2) is 24.6 Å². The lowest BCUT2D eigenvalue weighted by atomic mass is 10.1. The van der Waals surface area contributed by atoms with Gasteiger partial charge in [0.05, 0.1) is 5.57 Å². The van der Waals surface area contributed by atoms with Crippen molar-refractivity contribution in [3.63, 3.8) is 0 Å². The number of aryl methyl sites for hydroxylation is 2. The molecule has 0 bridgehead atoms. The van der Waals surface area contributed by atoms with Crippen LogP contribution in [-0.2, 0) is 14.3 Å². The van der Waals surface area contributed by atoms with Crippen LogP contribution in [0.3, 0.4) is 0 Å². The van der Waals surface area contributed by atoms with E-state index in [2.05, 4.69) is 5.32 Å². The zero-order valence-corrected chi connectivity index (χ0v) is 16.1. The summed E-state index contributed by atoms with van der Waals surface area (Å²) in [5.41, 5.74) is 3.77. The smallest absolute Gasteiger partial charge is 0.338 e. The van der Waals surface area contributed by atoms with Crippen LogP contribution in [0.4, 0.5) is 5.69 Å².